The third-order valence-electron chi connectivity index (χ3n) is 4.14. The van der Waals surface area contributed by atoms with Crippen molar-refractivity contribution in [3.8, 4) is 0 Å². The van der Waals surface area contributed by atoms with Gasteiger partial charge in [-0.05, 0) is 25.7 Å². The molecule has 7 nitrogen and oxygen atoms in total. The fraction of sp³-hybridized carbons (Fsp3) is 0.846. The van der Waals surface area contributed by atoms with Crippen molar-refractivity contribution in [3.63, 3.8) is 0 Å². The molecule has 4 N–H and O–H groups in total. The van der Waals surface area contributed by atoms with Gasteiger partial charge in [0.1, 0.15) is 5.54 Å². The van der Waals surface area contributed by atoms with Crippen LogP contribution in [0.1, 0.15) is 38.5 Å². The molecule has 2 aliphatic rings. The second kappa shape index (κ2) is 6.41. The zero-order valence-electron chi connectivity index (χ0n) is 11.4. The Bertz CT molecular complexity index is 360. The van der Waals surface area contributed by atoms with E-state index in [9.17, 15) is 19.8 Å². The summed E-state index contributed by atoms with van der Waals surface area (Å²) >= 11 is 0. The van der Waals surface area contributed by atoms with Gasteiger partial charge in [-0.2, -0.15) is 0 Å². The van der Waals surface area contributed by atoms with E-state index >= 15 is 0 Å². The van der Waals surface area contributed by atoms with E-state index in [0.717, 1.165) is 12.8 Å². The Labute approximate surface area is 117 Å². The van der Waals surface area contributed by atoms with Crippen LogP contribution in [0.5, 0.6) is 0 Å². The summed E-state index contributed by atoms with van der Waals surface area (Å²) in [6.07, 6.45) is 3.05. The number of rotatable bonds is 3. The number of carboxylic acids is 1. The van der Waals surface area contributed by atoms with Crippen LogP contribution in [0.25, 0.3) is 0 Å². The molecule has 7 heteroatoms. The summed E-state index contributed by atoms with van der Waals surface area (Å²) in [4.78, 5) is 23.4. The second-order valence-corrected chi connectivity index (χ2v) is 5.60. The number of hydrogen-bond donors (Lipinski definition) is 4. The smallest absolute Gasteiger partial charge is 0.329 e. The Kier molecular flexibility index (Phi) is 4.82. The molecule has 114 valence electrons. The molecule has 0 aromatic heterocycles. The number of amides is 2. The summed E-state index contributed by atoms with van der Waals surface area (Å²) in [7, 11) is 0. The molecule has 0 spiro atoms. The number of aliphatic hydroxyl groups excluding tert-OH is 1. The van der Waals surface area contributed by atoms with Gasteiger partial charge < -0.3 is 25.6 Å². The van der Waals surface area contributed by atoms with Gasteiger partial charge in [0.25, 0.3) is 0 Å². The third kappa shape index (κ3) is 3.61. The number of ether oxygens (including phenoxy) is 1. The maximum absolute atomic E-state index is 12.0. The predicted molar refractivity (Wildman–Crippen MR) is 70.4 cm³/mol. The highest BCUT2D eigenvalue weighted by Gasteiger charge is 2.41. The zero-order valence-corrected chi connectivity index (χ0v) is 11.4. The first-order valence-corrected chi connectivity index (χ1v) is 7.10. The van der Waals surface area contributed by atoms with E-state index < -0.39 is 17.5 Å². The highest BCUT2D eigenvalue weighted by atomic mass is 16.5. The van der Waals surface area contributed by atoms with Gasteiger partial charge in [0.05, 0.1) is 6.10 Å². The molecule has 2 amide bonds. The van der Waals surface area contributed by atoms with Crippen molar-refractivity contribution in [2.45, 2.75) is 56.2 Å². The van der Waals surface area contributed by atoms with Crippen molar-refractivity contribution in [2.24, 2.45) is 0 Å². The van der Waals surface area contributed by atoms with Crippen molar-refractivity contribution in [3.05, 3.63) is 0 Å². The van der Waals surface area contributed by atoms with Crippen LogP contribution < -0.4 is 10.6 Å². The summed E-state index contributed by atoms with van der Waals surface area (Å²) < 4.78 is 5.16. The number of hydrogen-bond acceptors (Lipinski definition) is 4. The maximum Gasteiger partial charge on any atom is 0.329 e. The third-order valence-corrected chi connectivity index (χ3v) is 4.14. The van der Waals surface area contributed by atoms with Crippen LogP contribution in [0.2, 0.25) is 0 Å². The Morgan fingerprint density at radius 1 is 1.10 bits per heavy atom. The van der Waals surface area contributed by atoms with Crippen LogP contribution in [0.15, 0.2) is 0 Å². The van der Waals surface area contributed by atoms with Crippen molar-refractivity contribution >= 4 is 12.0 Å². The van der Waals surface area contributed by atoms with Gasteiger partial charge in [-0.3, -0.25) is 0 Å². The maximum atomic E-state index is 12.0. The van der Waals surface area contributed by atoms with E-state index in [0.29, 0.717) is 26.1 Å². The number of carbonyl (C=O) groups is 2. The lowest BCUT2D eigenvalue weighted by molar-refractivity contribution is -0.148. The van der Waals surface area contributed by atoms with E-state index in [1.165, 1.54) is 0 Å². The lowest BCUT2D eigenvalue weighted by atomic mass is 9.90. The molecule has 2 fully saturated rings. The van der Waals surface area contributed by atoms with Crippen LogP contribution in [-0.4, -0.2) is 53.1 Å². The molecule has 20 heavy (non-hydrogen) atoms. The van der Waals surface area contributed by atoms with Crippen LogP contribution in [-0.2, 0) is 9.53 Å². The molecule has 1 aliphatic carbocycles. The molecule has 1 aliphatic heterocycles. The average molecular weight is 286 g/mol. The molecule has 1 saturated carbocycles. The number of carbonyl (C=O) groups excluding carboxylic acids is 1. The van der Waals surface area contributed by atoms with Gasteiger partial charge in [-0.25, -0.2) is 9.59 Å². The van der Waals surface area contributed by atoms with Crippen molar-refractivity contribution in [2.75, 3.05) is 13.2 Å². The van der Waals surface area contributed by atoms with Crippen LogP contribution in [0.3, 0.4) is 0 Å². The molecule has 1 heterocycles. The largest absolute Gasteiger partial charge is 0.480 e. The van der Waals surface area contributed by atoms with Gasteiger partial charge in [-0.15, -0.1) is 0 Å². The quantitative estimate of drug-likeness (QED) is 0.594. The highest BCUT2D eigenvalue weighted by molar-refractivity contribution is 5.86. The normalized spacial score (nSPS) is 29.4. The Morgan fingerprint density at radius 3 is 2.25 bits per heavy atom. The van der Waals surface area contributed by atoms with Gasteiger partial charge in [0, 0.05) is 32.1 Å². The molecule has 2 rings (SSSR count). The van der Waals surface area contributed by atoms with Crippen LogP contribution in [0.4, 0.5) is 4.79 Å². The van der Waals surface area contributed by atoms with E-state index in [1.54, 1.807) is 0 Å². The number of aliphatic carboxylic acids is 1. The fourth-order valence-electron chi connectivity index (χ4n) is 2.77. The highest BCUT2D eigenvalue weighted by Crippen LogP contribution is 2.22. The van der Waals surface area contributed by atoms with E-state index in [1.807, 2.05) is 0 Å². The number of nitrogens with one attached hydrogen (secondary N) is 2. The minimum absolute atomic E-state index is 0.00378. The Balaban J connectivity index is 1.87. The van der Waals surface area contributed by atoms with E-state index in [4.69, 9.17) is 4.74 Å². The summed E-state index contributed by atoms with van der Waals surface area (Å²) in [5, 5.41) is 24.2. The summed E-state index contributed by atoms with van der Waals surface area (Å²) in [5.41, 5.74) is -1.23. The molecule has 0 radical (unpaired) electrons. The molecule has 0 aromatic rings. The van der Waals surface area contributed by atoms with Crippen LogP contribution >= 0.6 is 0 Å². The topological polar surface area (TPSA) is 108 Å². The molecule has 1 saturated heterocycles. The lowest BCUT2D eigenvalue weighted by Gasteiger charge is -2.35. The van der Waals surface area contributed by atoms with Crippen LogP contribution in [0, 0.1) is 0 Å². The van der Waals surface area contributed by atoms with Gasteiger partial charge in [0.15, 0.2) is 0 Å². The first kappa shape index (κ1) is 15.1. The summed E-state index contributed by atoms with van der Waals surface area (Å²) in [5.74, 6) is -1.02. The standard InChI is InChI=1S/C13H22N2O5/c16-10-3-1-9(2-4-10)14-12(19)15-13(11(17)18)5-7-20-8-6-13/h9-10,16H,1-8H2,(H,17,18)(H2,14,15,19). The first-order chi connectivity index (χ1) is 9.52. The Hall–Kier alpha value is -1.34. The second-order valence-electron chi connectivity index (χ2n) is 5.60. The van der Waals surface area contributed by atoms with Gasteiger partial charge >= 0.3 is 12.0 Å². The minimum Gasteiger partial charge on any atom is -0.480 e. The lowest BCUT2D eigenvalue weighted by Crippen LogP contribution is -2.60. The number of urea groups is 1. The van der Waals surface area contributed by atoms with Gasteiger partial charge in [0.2, 0.25) is 0 Å². The number of aliphatic hydroxyl groups is 1. The molecule has 0 atom stereocenters. The minimum atomic E-state index is -1.23. The van der Waals surface area contributed by atoms with E-state index in [-0.39, 0.29) is 25.0 Å². The van der Waals surface area contributed by atoms with Crippen molar-refractivity contribution in [1.82, 2.24) is 10.6 Å². The molecule has 0 unspecified atom stereocenters. The predicted octanol–water partition coefficient (Wildman–Crippen LogP) is 0.223. The van der Waals surface area contributed by atoms with Crippen molar-refractivity contribution in [1.29, 1.82) is 0 Å². The van der Waals surface area contributed by atoms with Gasteiger partial charge in [-0.1, -0.05) is 0 Å². The molecular formula is C13H22N2O5. The summed E-state index contributed by atoms with van der Waals surface area (Å²) in [6.45, 7) is 0.671. The Morgan fingerprint density at radius 2 is 1.70 bits per heavy atom. The first-order valence-electron chi connectivity index (χ1n) is 7.10. The molecule has 0 bridgehead atoms. The van der Waals surface area contributed by atoms with Crippen molar-refractivity contribution < 1.29 is 24.5 Å². The molecule has 0 aromatic carbocycles. The molecular weight excluding hydrogens is 264 g/mol. The zero-order chi connectivity index (χ0) is 14.6. The summed E-state index contributed by atoms with van der Waals surface area (Å²) in [6, 6.07) is -0.445. The fourth-order valence-corrected chi connectivity index (χ4v) is 2.77. The average Bonchev–Trinajstić information content (AvgIpc) is 2.42. The SMILES string of the molecule is O=C(NC1CCC(O)CC1)NC1(C(=O)O)CCOCC1. The van der Waals surface area contributed by atoms with E-state index in [2.05, 4.69) is 10.6 Å². The monoisotopic (exact) mass is 286 g/mol. The number of carboxylic acid groups (broad SMARTS) is 1.